The Bertz CT molecular complexity index is 1170. The number of benzene rings is 2. The van der Waals surface area contributed by atoms with Crippen LogP contribution in [0.5, 0.6) is 0 Å². The van der Waals surface area contributed by atoms with E-state index in [1.165, 1.54) is 17.0 Å². The van der Waals surface area contributed by atoms with Crippen LogP contribution in [0.4, 0.5) is 18.9 Å². The number of rotatable bonds is 6. The van der Waals surface area contributed by atoms with E-state index in [0.29, 0.717) is 16.8 Å². The smallest absolute Gasteiger partial charge is 0.370 e. The van der Waals surface area contributed by atoms with E-state index in [1.54, 1.807) is 27.0 Å². The largest absolute Gasteiger partial charge is 0.419 e. The molecule has 0 radical (unpaired) electrons. The lowest BCUT2D eigenvalue weighted by Gasteiger charge is -2.25. The van der Waals surface area contributed by atoms with E-state index in [2.05, 4.69) is 10.3 Å². The summed E-state index contributed by atoms with van der Waals surface area (Å²) < 4.78 is 42.1. The van der Waals surface area contributed by atoms with Crippen molar-refractivity contribution in [1.29, 1.82) is 0 Å². The second-order valence-corrected chi connectivity index (χ2v) is 7.66. The number of carbonyl (C=O) groups is 1. The number of hydrogen-bond donors (Lipinski definition) is 2. The summed E-state index contributed by atoms with van der Waals surface area (Å²) in [6, 6.07) is 14.7. The van der Waals surface area contributed by atoms with Gasteiger partial charge in [-0.1, -0.05) is 36.4 Å². The fourth-order valence-electron chi connectivity index (χ4n) is 3.65. The molecule has 2 N–H and O–H groups in total. The molecule has 0 atom stereocenters. The van der Waals surface area contributed by atoms with Crippen LogP contribution in [0, 0.1) is 13.8 Å². The molecule has 0 spiro atoms. The van der Waals surface area contributed by atoms with Crippen LogP contribution in [0.3, 0.4) is 0 Å². The fourth-order valence-corrected chi connectivity index (χ4v) is 3.65. The van der Waals surface area contributed by atoms with Crippen molar-refractivity contribution in [2.45, 2.75) is 33.1 Å². The maximum absolute atomic E-state index is 14.0. The number of nitrogens with one attached hydrogen (secondary N) is 2. The minimum Gasteiger partial charge on any atom is -0.370 e. The van der Waals surface area contributed by atoms with Crippen molar-refractivity contribution in [3.05, 3.63) is 98.5 Å². The molecule has 0 unspecified atom stereocenters. The predicted octanol–water partition coefficient (Wildman–Crippen LogP) is 4.58. The first-order chi connectivity index (χ1) is 15.1. The summed E-state index contributed by atoms with van der Waals surface area (Å²) in [5.41, 5.74) is 0.479. The topological polar surface area (TPSA) is 65.2 Å². The highest BCUT2D eigenvalue weighted by Gasteiger charge is 2.39. The van der Waals surface area contributed by atoms with Crippen molar-refractivity contribution < 1.29 is 18.0 Å². The molecule has 1 aromatic heterocycles. The van der Waals surface area contributed by atoms with E-state index in [4.69, 9.17) is 0 Å². The molecule has 168 valence electrons. The lowest BCUT2D eigenvalue weighted by molar-refractivity contribution is -0.137. The second kappa shape index (κ2) is 9.30. The standard InChI is InChI=1S/C24H24F3N3O2/c1-15-12-16(2)29-23(32)19(15)13-28-22(31)18-10-7-11-20(21(18)24(25,26)27)30(3)14-17-8-5-4-6-9-17/h4-12H,13-14H2,1-3H3,(H,28,31)(H,29,32). The first kappa shape index (κ1) is 23.1. The van der Waals surface area contributed by atoms with Gasteiger partial charge in [0.2, 0.25) is 0 Å². The van der Waals surface area contributed by atoms with Crippen molar-refractivity contribution in [3.8, 4) is 0 Å². The molecule has 0 aliphatic heterocycles. The van der Waals surface area contributed by atoms with Crippen LogP contribution < -0.4 is 15.8 Å². The average molecular weight is 443 g/mol. The molecule has 0 saturated carbocycles. The third-order valence-corrected chi connectivity index (χ3v) is 5.16. The molecule has 0 bridgehead atoms. The minimum atomic E-state index is -4.74. The molecule has 0 saturated heterocycles. The molecule has 8 heteroatoms. The lowest BCUT2D eigenvalue weighted by atomic mass is 10.0. The molecule has 0 aliphatic rings. The zero-order valence-corrected chi connectivity index (χ0v) is 18.0. The quantitative estimate of drug-likeness (QED) is 0.586. The second-order valence-electron chi connectivity index (χ2n) is 7.66. The zero-order valence-electron chi connectivity index (χ0n) is 18.0. The summed E-state index contributed by atoms with van der Waals surface area (Å²) in [6.07, 6.45) is -4.74. The van der Waals surface area contributed by atoms with E-state index in [9.17, 15) is 22.8 Å². The summed E-state index contributed by atoms with van der Waals surface area (Å²) in [4.78, 5) is 29.0. The highest BCUT2D eigenvalue weighted by atomic mass is 19.4. The Kier molecular flexibility index (Phi) is 6.72. The number of halogens is 3. The number of H-pyrrole nitrogens is 1. The van der Waals surface area contributed by atoms with Gasteiger partial charge in [0.05, 0.1) is 11.1 Å². The van der Waals surface area contributed by atoms with Gasteiger partial charge in [0.15, 0.2) is 0 Å². The van der Waals surface area contributed by atoms with Crippen LogP contribution in [0.1, 0.15) is 38.3 Å². The molecule has 3 aromatic rings. The Labute approximate surface area is 183 Å². The highest BCUT2D eigenvalue weighted by Crippen LogP contribution is 2.39. The molecular weight excluding hydrogens is 419 g/mol. The van der Waals surface area contributed by atoms with Gasteiger partial charge in [-0.3, -0.25) is 9.59 Å². The Morgan fingerprint density at radius 3 is 2.38 bits per heavy atom. The summed E-state index contributed by atoms with van der Waals surface area (Å²) in [5.74, 6) is -0.897. The van der Waals surface area contributed by atoms with Gasteiger partial charge in [-0.15, -0.1) is 0 Å². The van der Waals surface area contributed by atoms with Crippen LogP contribution in [0.15, 0.2) is 59.4 Å². The van der Waals surface area contributed by atoms with Crippen LogP contribution in [0.25, 0.3) is 0 Å². The van der Waals surface area contributed by atoms with E-state index in [-0.39, 0.29) is 24.3 Å². The first-order valence-electron chi connectivity index (χ1n) is 10.0. The summed E-state index contributed by atoms with van der Waals surface area (Å²) in [5, 5.41) is 2.47. The first-order valence-corrected chi connectivity index (χ1v) is 10.0. The third-order valence-electron chi connectivity index (χ3n) is 5.16. The molecule has 1 heterocycles. The molecule has 32 heavy (non-hydrogen) atoms. The van der Waals surface area contributed by atoms with E-state index < -0.39 is 23.2 Å². The molecular formula is C24H24F3N3O2. The maximum atomic E-state index is 14.0. The van der Waals surface area contributed by atoms with Gasteiger partial charge in [0.25, 0.3) is 11.5 Å². The Balaban J connectivity index is 1.92. The van der Waals surface area contributed by atoms with Gasteiger partial charge in [-0.2, -0.15) is 13.2 Å². The van der Waals surface area contributed by atoms with Crippen molar-refractivity contribution in [2.24, 2.45) is 0 Å². The molecule has 3 rings (SSSR count). The molecule has 2 aromatic carbocycles. The van der Waals surface area contributed by atoms with Crippen LogP contribution in [-0.2, 0) is 19.3 Å². The Hall–Kier alpha value is -3.55. The van der Waals surface area contributed by atoms with Gasteiger partial charge in [0, 0.05) is 37.1 Å². The molecule has 0 aliphatic carbocycles. The molecule has 5 nitrogen and oxygen atoms in total. The maximum Gasteiger partial charge on any atom is 0.419 e. The molecule has 1 amide bonds. The summed E-state index contributed by atoms with van der Waals surface area (Å²) in [6.45, 7) is 3.50. The summed E-state index contributed by atoms with van der Waals surface area (Å²) >= 11 is 0. The van der Waals surface area contributed by atoms with Crippen molar-refractivity contribution in [1.82, 2.24) is 10.3 Å². The zero-order chi connectivity index (χ0) is 23.5. The number of aromatic amines is 1. The van der Waals surface area contributed by atoms with Gasteiger partial charge < -0.3 is 15.2 Å². The number of carbonyl (C=O) groups excluding carboxylic acids is 1. The highest BCUT2D eigenvalue weighted by molar-refractivity contribution is 5.97. The number of nitrogens with zero attached hydrogens (tertiary/aromatic N) is 1. The van der Waals surface area contributed by atoms with Gasteiger partial charge in [-0.25, -0.2) is 0 Å². The monoisotopic (exact) mass is 443 g/mol. The van der Waals surface area contributed by atoms with Crippen LogP contribution >= 0.6 is 0 Å². The Morgan fingerprint density at radius 2 is 1.75 bits per heavy atom. The van der Waals surface area contributed by atoms with E-state index in [0.717, 1.165) is 11.6 Å². The lowest BCUT2D eigenvalue weighted by Crippen LogP contribution is -2.30. The van der Waals surface area contributed by atoms with Crippen LogP contribution in [-0.4, -0.2) is 17.9 Å². The van der Waals surface area contributed by atoms with Crippen LogP contribution in [0.2, 0.25) is 0 Å². The fraction of sp³-hybridized carbons (Fsp3) is 0.250. The summed E-state index contributed by atoms with van der Waals surface area (Å²) in [7, 11) is 1.55. The van der Waals surface area contributed by atoms with Crippen molar-refractivity contribution in [2.75, 3.05) is 11.9 Å². The van der Waals surface area contributed by atoms with Gasteiger partial charge in [-0.05, 0) is 43.2 Å². The van der Waals surface area contributed by atoms with E-state index in [1.807, 2.05) is 30.3 Å². The number of alkyl halides is 3. The number of anilines is 1. The van der Waals surface area contributed by atoms with Crippen molar-refractivity contribution in [3.63, 3.8) is 0 Å². The molecule has 0 fully saturated rings. The van der Waals surface area contributed by atoms with E-state index >= 15 is 0 Å². The minimum absolute atomic E-state index is 0.0987. The van der Waals surface area contributed by atoms with Crippen molar-refractivity contribution >= 4 is 11.6 Å². The third kappa shape index (κ3) is 5.19. The van der Waals surface area contributed by atoms with Gasteiger partial charge >= 0.3 is 6.18 Å². The average Bonchev–Trinajstić information content (AvgIpc) is 2.72. The number of amides is 1. The SMILES string of the molecule is Cc1cc(C)c(CNC(=O)c2cccc(N(C)Cc3ccccc3)c2C(F)(F)F)c(=O)[nH]1. The Morgan fingerprint density at radius 1 is 1.06 bits per heavy atom. The predicted molar refractivity (Wildman–Crippen MR) is 118 cm³/mol. The van der Waals surface area contributed by atoms with Gasteiger partial charge in [0.1, 0.15) is 0 Å². The number of hydrogen-bond acceptors (Lipinski definition) is 3. The number of aromatic nitrogens is 1. The number of pyridine rings is 1. The number of aryl methyl sites for hydroxylation is 2. The normalized spacial score (nSPS) is 11.3.